The van der Waals surface area contributed by atoms with Crippen LogP contribution >= 0.6 is 22.7 Å². The van der Waals surface area contributed by atoms with Gasteiger partial charge in [0.1, 0.15) is 21.6 Å². The lowest BCUT2D eigenvalue weighted by atomic mass is 9.94. The first-order valence-electron chi connectivity index (χ1n) is 41.7. The van der Waals surface area contributed by atoms with Crippen molar-refractivity contribution >= 4 is 226 Å². The summed E-state index contributed by atoms with van der Waals surface area (Å²) < 4.78 is 16.7. The highest BCUT2D eigenvalue weighted by atomic mass is 32.1. The van der Waals surface area contributed by atoms with Crippen LogP contribution in [0, 0.1) is 0 Å². The summed E-state index contributed by atoms with van der Waals surface area (Å²) in [5.74, 6) is 2.02. The van der Waals surface area contributed by atoms with Crippen LogP contribution in [-0.2, 0) is 0 Å². The average molecular weight is 1620 g/mol. The van der Waals surface area contributed by atoms with Gasteiger partial charge in [0.25, 0.3) is 0 Å². The minimum atomic E-state index is 0.628. The fraction of sp³-hybridized carbons (Fsp3) is 0. The zero-order chi connectivity index (χ0) is 81.2. The van der Waals surface area contributed by atoms with Crippen LogP contribution in [0.1, 0.15) is 0 Å². The standard InChI is InChI=1S/C40H23N3S.C36H21N3O.C36H21N3S/c1-2-12-25-23-35-32(21-24(25)11-1)30-17-7-9-19-34(30)43(35)40-41-38(37-31-18-8-10-20-36(31)44-39(37)42-40)33-22-26-13-3-4-14-27(26)28-15-5-6-16-29(28)33;2*1-2-12-24-21-31-29(20-23(24)11-1)26-15-5-7-18-30(26)39(31)36-37-33(27-17-9-13-22-10-3-4-14-25(22)27)35-34(38-36)28-16-6-8-19-32(28)40-35/h1-23H;2*1-21H. The molecule has 10 nitrogen and oxygen atoms in total. The Hall–Kier alpha value is -16.1. The zero-order valence-corrected chi connectivity index (χ0v) is 67.9. The molecule has 28 rings (SSSR count). The van der Waals surface area contributed by atoms with Gasteiger partial charge in [-0.3, -0.25) is 13.7 Å². The largest absolute Gasteiger partial charge is 0.452 e. The van der Waals surface area contributed by atoms with Crippen molar-refractivity contribution < 1.29 is 4.42 Å². The quantitative estimate of drug-likeness (QED) is 0.153. The molecule has 0 bridgehead atoms. The Morgan fingerprint density at radius 3 is 1.12 bits per heavy atom. The minimum Gasteiger partial charge on any atom is -0.452 e. The second-order valence-electron chi connectivity index (χ2n) is 31.9. The minimum absolute atomic E-state index is 0.628. The van der Waals surface area contributed by atoms with Gasteiger partial charge >= 0.3 is 0 Å². The van der Waals surface area contributed by atoms with Crippen molar-refractivity contribution in [3.8, 4) is 51.6 Å². The van der Waals surface area contributed by atoms with E-state index in [2.05, 4.69) is 390 Å². The summed E-state index contributed by atoms with van der Waals surface area (Å²) in [6.07, 6.45) is 0. The van der Waals surface area contributed by atoms with Gasteiger partial charge in [-0.25, -0.2) is 29.9 Å². The van der Waals surface area contributed by atoms with Crippen LogP contribution in [-0.4, -0.2) is 43.6 Å². The molecular formula is C112H65N9OS2. The summed E-state index contributed by atoms with van der Waals surface area (Å²) in [6, 6.07) is 140. The molecule has 0 aliphatic carbocycles. The van der Waals surface area contributed by atoms with Crippen molar-refractivity contribution in [2.24, 2.45) is 0 Å². The molecular weight excluding hydrogens is 1550 g/mol. The van der Waals surface area contributed by atoms with E-state index in [0.717, 1.165) is 115 Å². The first-order chi connectivity index (χ1) is 61.5. The van der Waals surface area contributed by atoms with Gasteiger partial charge in [0.05, 0.1) is 54.7 Å². The summed E-state index contributed by atoms with van der Waals surface area (Å²) in [5, 5.41) is 28.5. The molecule has 0 aliphatic heterocycles. The summed E-state index contributed by atoms with van der Waals surface area (Å²) in [5.41, 5.74) is 15.9. The molecule has 0 aliphatic rings. The molecule has 0 saturated heterocycles. The van der Waals surface area contributed by atoms with E-state index in [1.54, 1.807) is 22.7 Å². The first-order valence-corrected chi connectivity index (χ1v) is 43.3. The van der Waals surface area contributed by atoms with E-state index < -0.39 is 0 Å². The Morgan fingerprint density at radius 1 is 0.210 bits per heavy atom. The highest BCUT2D eigenvalue weighted by molar-refractivity contribution is 7.26. The molecule has 576 valence electrons. The normalized spacial score (nSPS) is 12.0. The SMILES string of the molecule is c1ccc2cc3c(cc2c1)c1ccccc1n3-c1nc(-c2cc3ccccc3c3ccccc23)c2c(n1)sc1ccccc12.c1ccc2cc3c(cc2c1)c1ccccc1n3-c1nc(-c2cccc3ccccc23)c2oc3ccccc3c2n1.c1ccc2cc3c(cc2c1)c1ccccc1n3-c1nc(-c2cccc3ccccc23)c2sc3ccccc3c2n1. The number of benzene rings is 19. The predicted octanol–water partition coefficient (Wildman–Crippen LogP) is 30.4. The molecule has 0 saturated carbocycles. The molecule has 0 spiro atoms. The van der Waals surface area contributed by atoms with Gasteiger partial charge in [-0.2, -0.15) is 0 Å². The molecule has 28 aromatic rings. The van der Waals surface area contributed by atoms with Gasteiger partial charge in [-0.15, -0.1) is 22.7 Å². The molecule has 124 heavy (non-hydrogen) atoms. The number of nitrogens with zero attached hydrogens (tertiary/aromatic N) is 9. The first kappa shape index (κ1) is 69.8. The van der Waals surface area contributed by atoms with E-state index in [1.165, 1.54) is 117 Å². The van der Waals surface area contributed by atoms with Crippen LogP contribution in [0.4, 0.5) is 0 Å². The van der Waals surface area contributed by atoms with E-state index in [9.17, 15) is 0 Å². The Morgan fingerprint density at radius 2 is 0.581 bits per heavy atom. The van der Waals surface area contributed by atoms with Crippen LogP contribution in [0.2, 0.25) is 0 Å². The fourth-order valence-corrected chi connectivity index (χ4v) is 21.6. The van der Waals surface area contributed by atoms with Gasteiger partial charge in [-0.1, -0.05) is 309 Å². The molecule has 0 fully saturated rings. The number of hydrogen-bond donors (Lipinski definition) is 0. The van der Waals surface area contributed by atoms with Crippen molar-refractivity contribution in [1.29, 1.82) is 0 Å². The van der Waals surface area contributed by atoms with Gasteiger partial charge in [0.15, 0.2) is 5.58 Å². The Balaban J connectivity index is 0.0000000996. The van der Waals surface area contributed by atoms with Gasteiger partial charge in [0.2, 0.25) is 17.8 Å². The molecule has 0 amide bonds. The maximum absolute atomic E-state index is 6.46. The number of furan rings is 1. The average Bonchev–Trinajstić information content (AvgIpc) is 1.59. The monoisotopic (exact) mass is 1620 g/mol. The second kappa shape index (κ2) is 27.7. The third-order valence-corrected chi connectivity index (χ3v) is 27.2. The maximum atomic E-state index is 6.46. The molecule has 19 aromatic carbocycles. The lowest BCUT2D eigenvalue weighted by molar-refractivity contribution is 0.666. The molecule has 0 radical (unpaired) electrons. The number of fused-ring (bicyclic) bond motifs is 26. The molecule has 0 unspecified atom stereocenters. The maximum Gasteiger partial charge on any atom is 0.236 e. The highest BCUT2D eigenvalue weighted by Gasteiger charge is 2.27. The summed E-state index contributed by atoms with van der Waals surface area (Å²) in [7, 11) is 0. The van der Waals surface area contributed by atoms with Crippen LogP contribution < -0.4 is 0 Å². The lowest BCUT2D eigenvalue weighted by Gasteiger charge is -2.14. The number of aromatic nitrogens is 9. The molecule has 9 aromatic heterocycles. The number of hydrogen-bond acceptors (Lipinski definition) is 9. The number of para-hydroxylation sites is 4. The number of thiophene rings is 2. The van der Waals surface area contributed by atoms with Crippen molar-refractivity contribution in [2.75, 3.05) is 0 Å². The fourth-order valence-electron chi connectivity index (χ4n) is 19.4. The van der Waals surface area contributed by atoms with Crippen molar-refractivity contribution in [2.45, 2.75) is 0 Å². The van der Waals surface area contributed by atoms with Crippen molar-refractivity contribution in [3.05, 3.63) is 394 Å². The Bertz CT molecular complexity index is 9040. The van der Waals surface area contributed by atoms with E-state index in [-0.39, 0.29) is 0 Å². The van der Waals surface area contributed by atoms with E-state index >= 15 is 0 Å². The van der Waals surface area contributed by atoms with Gasteiger partial charge < -0.3 is 4.42 Å². The predicted molar refractivity (Wildman–Crippen MR) is 521 cm³/mol. The smallest absolute Gasteiger partial charge is 0.236 e. The molecule has 12 heteroatoms. The summed E-state index contributed by atoms with van der Waals surface area (Å²) in [4.78, 5) is 33.1. The van der Waals surface area contributed by atoms with Crippen LogP contribution in [0.5, 0.6) is 0 Å². The van der Waals surface area contributed by atoms with Crippen LogP contribution in [0.3, 0.4) is 0 Å². The van der Waals surface area contributed by atoms with Gasteiger partial charge in [0, 0.05) is 80.0 Å². The molecule has 0 atom stereocenters. The Kier molecular flexibility index (Phi) is 15.6. The molecule has 0 N–H and O–H groups in total. The lowest BCUT2D eigenvalue weighted by Crippen LogP contribution is -2.03. The van der Waals surface area contributed by atoms with Crippen molar-refractivity contribution in [3.63, 3.8) is 0 Å². The van der Waals surface area contributed by atoms with Crippen molar-refractivity contribution in [1.82, 2.24) is 43.6 Å². The molecule has 9 heterocycles. The zero-order valence-electron chi connectivity index (χ0n) is 66.3. The van der Waals surface area contributed by atoms with Crippen LogP contribution in [0.25, 0.3) is 255 Å². The Labute approximate surface area is 715 Å². The number of rotatable bonds is 6. The summed E-state index contributed by atoms with van der Waals surface area (Å²) >= 11 is 3.51. The summed E-state index contributed by atoms with van der Waals surface area (Å²) in [6.45, 7) is 0. The van der Waals surface area contributed by atoms with E-state index in [4.69, 9.17) is 34.3 Å². The third-order valence-electron chi connectivity index (χ3n) is 25.0. The topological polar surface area (TPSA) is 105 Å². The third kappa shape index (κ3) is 10.9. The van der Waals surface area contributed by atoms with Crippen LogP contribution in [0.15, 0.2) is 399 Å². The second-order valence-corrected chi connectivity index (χ2v) is 34.0. The van der Waals surface area contributed by atoms with E-state index in [0.29, 0.717) is 23.4 Å². The highest BCUT2D eigenvalue weighted by Crippen LogP contribution is 2.48. The van der Waals surface area contributed by atoms with E-state index in [1.807, 2.05) is 18.2 Å². The van der Waals surface area contributed by atoms with Gasteiger partial charge in [-0.05, 0) is 160 Å².